The topological polar surface area (TPSA) is 41.9 Å². The Bertz CT molecular complexity index is 519. The molecule has 1 aromatic carbocycles. The molecule has 0 aliphatic carbocycles. The molecule has 0 aromatic heterocycles. The molecule has 6 heteroatoms. The number of benzene rings is 1. The van der Waals surface area contributed by atoms with Crippen LogP contribution in [0.15, 0.2) is 23.3 Å². The Kier molecular flexibility index (Phi) is 3.63. The van der Waals surface area contributed by atoms with Crippen molar-refractivity contribution in [2.75, 3.05) is 12.1 Å². The lowest BCUT2D eigenvalue weighted by atomic mass is 10.2. The van der Waals surface area contributed by atoms with Crippen LogP contribution in [-0.4, -0.2) is 24.8 Å². The number of hydrogen-bond acceptors (Lipinski definition) is 3. The number of ether oxygens (including phenoxy) is 1. The number of hydrazone groups is 1. The smallest absolute Gasteiger partial charge is 0.253 e. The molecule has 18 heavy (non-hydrogen) atoms. The lowest BCUT2D eigenvalue weighted by molar-refractivity contribution is -0.117. The molecule has 0 bridgehead atoms. The van der Waals surface area contributed by atoms with Gasteiger partial charge in [0.1, 0.15) is 5.69 Å². The first-order valence-corrected chi connectivity index (χ1v) is 5.79. The third kappa shape index (κ3) is 2.23. The molecule has 0 fully saturated rings. The summed E-state index contributed by atoms with van der Waals surface area (Å²) in [7, 11) is 1.53. The summed E-state index contributed by atoms with van der Waals surface area (Å²) < 4.78 is 18.9. The molecule has 1 aromatic rings. The minimum absolute atomic E-state index is 0.0382. The molecule has 0 spiro atoms. The summed E-state index contributed by atoms with van der Waals surface area (Å²) in [6.45, 7) is 1.78. The molecule has 1 heterocycles. The van der Waals surface area contributed by atoms with Crippen LogP contribution in [0.2, 0.25) is 5.02 Å². The maximum absolute atomic E-state index is 13.8. The van der Waals surface area contributed by atoms with Crippen molar-refractivity contribution in [2.24, 2.45) is 5.10 Å². The first-order chi connectivity index (χ1) is 8.54. The van der Waals surface area contributed by atoms with Crippen LogP contribution in [0.25, 0.3) is 0 Å². The van der Waals surface area contributed by atoms with Crippen LogP contribution >= 0.6 is 11.6 Å². The molecule has 1 aliphatic rings. The van der Waals surface area contributed by atoms with Crippen LogP contribution in [-0.2, 0) is 9.53 Å². The predicted molar refractivity (Wildman–Crippen MR) is 67.4 cm³/mol. The molecule has 1 amide bonds. The van der Waals surface area contributed by atoms with E-state index in [-0.39, 0.29) is 29.1 Å². The highest BCUT2D eigenvalue weighted by atomic mass is 35.5. The zero-order chi connectivity index (χ0) is 13.3. The molecule has 4 nitrogen and oxygen atoms in total. The van der Waals surface area contributed by atoms with E-state index in [0.29, 0.717) is 5.71 Å². The average Bonchev–Trinajstić information content (AvgIpc) is 2.74. The number of halogens is 2. The second-order valence-corrected chi connectivity index (χ2v) is 4.33. The number of anilines is 1. The Labute approximate surface area is 109 Å². The van der Waals surface area contributed by atoms with Crippen LogP contribution in [0.4, 0.5) is 10.1 Å². The maximum atomic E-state index is 13.8. The highest BCUT2D eigenvalue weighted by Gasteiger charge is 2.30. The van der Waals surface area contributed by atoms with Crippen molar-refractivity contribution >= 4 is 28.9 Å². The van der Waals surface area contributed by atoms with E-state index in [0.717, 1.165) is 5.01 Å². The van der Waals surface area contributed by atoms with Gasteiger partial charge in [0.25, 0.3) is 5.91 Å². The van der Waals surface area contributed by atoms with Crippen molar-refractivity contribution in [3.8, 4) is 0 Å². The Morgan fingerprint density at radius 1 is 1.56 bits per heavy atom. The van der Waals surface area contributed by atoms with Crippen molar-refractivity contribution in [1.82, 2.24) is 0 Å². The van der Waals surface area contributed by atoms with Gasteiger partial charge in [-0.15, -0.1) is 0 Å². The first-order valence-electron chi connectivity index (χ1n) is 5.41. The van der Waals surface area contributed by atoms with Gasteiger partial charge in [0.05, 0.1) is 23.3 Å². The van der Waals surface area contributed by atoms with Crippen LogP contribution in [0, 0.1) is 5.82 Å². The summed E-state index contributed by atoms with van der Waals surface area (Å²) in [5, 5.41) is 5.08. The molecule has 0 saturated heterocycles. The molecular formula is C12H12ClFN2O2. The van der Waals surface area contributed by atoms with E-state index in [4.69, 9.17) is 16.3 Å². The Morgan fingerprint density at radius 3 is 2.94 bits per heavy atom. The van der Waals surface area contributed by atoms with E-state index in [1.165, 1.54) is 19.2 Å². The second-order valence-electron chi connectivity index (χ2n) is 3.92. The van der Waals surface area contributed by atoms with Gasteiger partial charge in [-0.1, -0.05) is 17.7 Å². The van der Waals surface area contributed by atoms with Crippen molar-refractivity contribution in [2.45, 2.75) is 19.4 Å². The van der Waals surface area contributed by atoms with Gasteiger partial charge in [0.15, 0.2) is 5.82 Å². The third-order valence-electron chi connectivity index (χ3n) is 2.78. The van der Waals surface area contributed by atoms with Gasteiger partial charge in [0.2, 0.25) is 0 Å². The fraction of sp³-hybridized carbons (Fsp3) is 0.333. The van der Waals surface area contributed by atoms with Crippen LogP contribution in [0.1, 0.15) is 13.3 Å². The number of carbonyl (C=O) groups is 1. The lowest BCUT2D eigenvalue weighted by Gasteiger charge is -2.13. The van der Waals surface area contributed by atoms with E-state index in [1.807, 2.05) is 0 Å². The largest absolute Gasteiger partial charge is 0.376 e. The molecule has 0 saturated carbocycles. The highest BCUT2D eigenvalue weighted by molar-refractivity contribution is 6.31. The molecule has 2 rings (SSSR count). The zero-order valence-electron chi connectivity index (χ0n) is 9.98. The van der Waals surface area contributed by atoms with Gasteiger partial charge in [-0.25, -0.2) is 4.39 Å². The normalized spacial score (nSPS) is 17.0. The fourth-order valence-electron chi connectivity index (χ4n) is 1.65. The number of amides is 1. The maximum Gasteiger partial charge on any atom is 0.253 e. The van der Waals surface area contributed by atoms with Gasteiger partial charge in [-0.05, 0) is 19.1 Å². The SMILES string of the molecule is COC(C)C1=NN(c2cccc(Cl)c2F)C(=O)C1. The average molecular weight is 271 g/mol. The standard InChI is InChI=1S/C12H12ClFN2O2/c1-7(18-2)9-6-11(17)16(15-9)10-5-3-4-8(13)12(10)14/h3-5,7H,6H2,1-2H3. The molecule has 0 radical (unpaired) electrons. The van der Waals surface area contributed by atoms with E-state index in [2.05, 4.69) is 5.10 Å². The van der Waals surface area contributed by atoms with Gasteiger partial charge in [0, 0.05) is 7.11 Å². The van der Waals surface area contributed by atoms with E-state index in [9.17, 15) is 9.18 Å². The Morgan fingerprint density at radius 2 is 2.28 bits per heavy atom. The third-order valence-corrected chi connectivity index (χ3v) is 3.07. The van der Waals surface area contributed by atoms with Gasteiger partial charge in [-0.3, -0.25) is 4.79 Å². The van der Waals surface area contributed by atoms with Gasteiger partial charge in [-0.2, -0.15) is 10.1 Å². The van der Waals surface area contributed by atoms with Crippen LogP contribution in [0.3, 0.4) is 0 Å². The van der Waals surface area contributed by atoms with Crippen molar-refractivity contribution in [3.05, 3.63) is 29.0 Å². The monoisotopic (exact) mass is 270 g/mol. The van der Waals surface area contributed by atoms with Crippen molar-refractivity contribution in [1.29, 1.82) is 0 Å². The van der Waals surface area contributed by atoms with E-state index >= 15 is 0 Å². The number of carbonyl (C=O) groups excluding carboxylic acids is 1. The zero-order valence-corrected chi connectivity index (χ0v) is 10.7. The predicted octanol–water partition coefficient (Wildman–Crippen LogP) is 2.61. The fourth-order valence-corrected chi connectivity index (χ4v) is 1.82. The minimum atomic E-state index is -0.650. The summed E-state index contributed by atoms with van der Waals surface area (Å²) in [5.74, 6) is -0.947. The van der Waals surface area contributed by atoms with Crippen LogP contribution < -0.4 is 5.01 Å². The van der Waals surface area contributed by atoms with Crippen LogP contribution in [0.5, 0.6) is 0 Å². The summed E-state index contributed by atoms with van der Waals surface area (Å²) >= 11 is 5.68. The van der Waals surface area contributed by atoms with Crippen molar-refractivity contribution in [3.63, 3.8) is 0 Å². The summed E-state index contributed by atoms with van der Waals surface area (Å²) in [6.07, 6.45) is -0.151. The second kappa shape index (κ2) is 5.04. The molecule has 0 N–H and O–H groups in total. The lowest BCUT2D eigenvalue weighted by Crippen LogP contribution is -2.21. The Hall–Kier alpha value is -1.46. The first kappa shape index (κ1) is 13.0. The molecular weight excluding hydrogens is 259 g/mol. The van der Waals surface area contributed by atoms with E-state index in [1.54, 1.807) is 13.0 Å². The molecule has 1 unspecified atom stereocenters. The number of nitrogens with zero attached hydrogens (tertiary/aromatic N) is 2. The highest BCUT2D eigenvalue weighted by Crippen LogP contribution is 2.28. The number of methoxy groups -OCH3 is 1. The van der Waals surface area contributed by atoms with Crippen molar-refractivity contribution < 1.29 is 13.9 Å². The molecule has 1 aliphatic heterocycles. The quantitative estimate of drug-likeness (QED) is 0.847. The van der Waals surface area contributed by atoms with E-state index < -0.39 is 5.82 Å². The summed E-state index contributed by atoms with van der Waals surface area (Å²) in [4.78, 5) is 11.8. The number of hydrogen-bond donors (Lipinski definition) is 0. The Balaban J connectivity index is 2.36. The summed E-state index contributed by atoms with van der Waals surface area (Å²) in [5.41, 5.74) is 0.632. The molecule has 96 valence electrons. The number of rotatable bonds is 3. The minimum Gasteiger partial charge on any atom is -0.376 e. The van der Waals surface area contributed by atoms with Gasteiger partial charge < -0.3 is 4.74 Å². The summed E-state index contributed by atoms with van der Waals surface area (Å²) in [6, 6.07) is 4.45. The molecule has 1 atom stereocenters. The van der Waals surface area contributed by atoms with Gasteiger partial charge >= 0.3 is 0 Å².